The maximum absolute atomic E-state index is 6.57. The monoisotopic (exact) mass is 754 g/mol. The van der Waals surface area contributed by atoms with Crippen LogP contribution in [0.25, 0.3) is 44.5 Å². The minimum atomic E-state index is -2.08. The molecule has 0 aliphatic carbocycles. The van der Waals surface area contributed by atoms with Gasteiger partial charge in [-0.05, 0) is 93.0 Å². The van der Waals surface area contributed by atoms with Crippen molar-refractivity contribution in [2.75, 3.05) is 0 Å². The summed E-state index contributed by atoms with van der Waals surface area (Å²) >= 11 is 0. The molecule has 7 heteroatoms. The lowest BCUT2D eigenvalue weighted by atomic mass is 10.1. The van der Waals surface area contributed by atoms with E-state index >= 15 is 0 Å². The van der Waals surface area contributed by atoms with E-state index in [0.717, 1.165) is 44.5 Å². The van der Waals surface area contributed by atoms with Crippen molar-refractivity contribution in [3.8, 4) is 67.5 Å². The first-order valence-corrected chi connectivity index (χ1v) is 20.0. The molecule has 8 aromatic rings. The summed E-state index contributed by atoms with van der Waals surface area (Å²) in [6.45, 7) is 0. The van der Waals surface area contributed by atoms with Gasteiger partial charge in [0.05, 0.1) is 0 Å². The Morgan fingerprint density at radius 3 is 0.582 bits per heavy atom. The molecule has 268 valence electrons. The van der Waals surface area contributed by atoms with Gasteiger partial charge in [0.2, 0.25) is 0 Å². The van der Waals surface area contributed by atoms with Gasteiger partial charge in [0, 0.05) is 0 Å². The highest BCUT2D eigenvalue weighted by molar-refractivity contribution is 7.56. The largest absolute Gasteiger partial charge is 0.471 e. The third-order valence-corrected chi connectivity index (χ3v) is 11.2. The number of hydrogen-bond acceptors (Lipinski definition) is 5. The Hall–Kier alpha value is -6.22. The lowest BCUT2D eigenvalue weighted by Crippen LogP contribution is -2.04. The van der Waals surface area contributed by atoms with Crippen LogP contribution in [0.15, 0.2) is 218 Å². The molecule has 0 aromatic heterocycles. The predicted molar refractivity (Wildman–Crippen MR) is 225 cm³/mol. The van der Waals surface area contributed by atoms with Crippen molar-refractivity contribution in [3.63, 3.8) is 0 Å². The fraction of sp³-hybridized carbons (Fsp3) is 0. The molecular formula is C48H36O5P2. The van der Waals surface area contributed by atoms with Crippen molar-refractivity contribution in [2.24, 2.45) is 0 Å². The predicted octanol–water partition coefficient (Wildman–Crippen LogP) is 14.4. The summed E-state index contributed by atoms with van der Waals surface area (Å²) in [5.41, 5.74) is 8.75. The summed E-state index contributed by atoms with van der Waals surface area (Å²) < 4.78 is 32.4. The summed E-state index contributed by atoms with van der Waals surface area (Å²) in [5.74, 6) is 2.34. The van der Waals surface area contributed by atoms with E-state index in [1.807, 2.05) is 170 Å². The van der Waals surface area contributed by atoms with Crippen molar-refractivity contribution in [1.29, 1.82) is 0 Å². The Kier molecular flexibility index (Phi) is 11.5. The molecule has 0 fully saturated rings. The van der Waals surface area contributed by atoms with Crippen LogP contribution in [-0.2, 0) is 4.31 Å². The van der Waals surface area contributed by atoms with Crippen molar-refractivity contribution < 1.29 is 22.4 Å². The average molecular weight is 755 g/mol. The van der Waals surface area contributed by atoms with Crippen LogP contribution >= 0.6 is 17.2 Å². The summed E-state index contributed by atoms with van der Waals surface area (Å²) in [6.07, 6.45) is 0. The van der Waals surface area contributed by atoms with Crippen LogP contribution in [0, 0.1) is 0 Å². The molecule has 0 aliphatic heterocycles. The van der Waals surface area contributed by atoms with E-state index in [9.17, 15) is 0 Å². The third kappa shape index (κ3) is 9.67. The Bertz CT molecular complexity index is 2020. The highest BCUT2D eigenvalue weighted by Gasteiger charge is 2.30. The van der Waals surface area contributed by atoms with Gasteiger partial charge in [0.15, 0.2) is 0 Å². The molecule has 0 unspecified atom stereocenters. The van der Waals surface area contributed by atoms with Crippen LogP contribution in [0.2, 0.25) is 0 Å². The standard InChI is InChI=1S/C48H36O5P2/c1-5-13-37(14-6-1)41-21-29-45(30-22-41)49-54(50-46-31-23-42(24-32-46)38-15-7-2-8-16-38)53-55(51-47-33-25-43(26-34-47)39-17-9-3-10-18-39)52-48-35-27-44(28-36-48)40-19-11-4-12-20-40/h1-36H. The van der Waals surface area contributed by atoms with Crippen LogP contribution in [0.1, 0.15) is 0 Å². The highest BCUT2D eigenvalue weighted by Crippen LogP contribution is 2.55. The normalized spacial score (nSPS) is 10.9. The molecule has 0 saturated carbocycles. The van der Waals surface area contributed by atoms with Crippen LogP contribution in [0.4, 0.5) is 0 Å². The minimum absolute atomic E-state index is 0.584. The molecule has 8 rings (SSSR count). The van der Waals surface area contributed by atoms with Gasteiger partial charge in [-0.3, -0.25) is 0 Å². The first kappa shape index (κ1) is 35.8. The summed E-state index contributed by atoms with van der Waals surface area (Å²) in [7, 11) is -4.16. The lowest BCUT2D eigenvalue weighted by molar-refractivity contribution is 0.341. The summed E-state index contributed by atoms with van der Waals surface area (Å²) in [4.78, 5) is 0. The third-order valence-electron chi connectivity index (χ3n) is 8.70. The Balaban J connectivity index is 1.07. The van der Waals surface area contributed by atoms with Crippen molar-refractivity contribution >= 4 is 17.2 Å². The second-order valence-electron chi connectivity index (χ2n) is 12.5. The number of rotatable bonds is 14. The smallest absolute Gasteiger partial charge is 0.417 e. The van der Waals surface area contributed by atoms with Crippen molar-refractivity contribution in [1.82, 2.24) is 0 Å². The van der Waals surface area contributed by atoms with Crippen LogP contribution in [0.3, 0.4) is 0 Å². The first-order chi connectivity index (χ1) is 27.2. The quantitative estimate of drug-likeness (QED) is 0.103. The zero-order valence-electron chi connectivity index (χ0n) is 29.7. The molecule has 0 heterocycles. The lowest BCUT2D eigenvalue weighted by Gasteiger charge is -2.22. The average Bonchev–Trinajstić information content (AvgIpc) is 3.26. The van der Waals surface area contributed by atoms with Crippen LogP contribution < -0.4 is 18.1 Å². The Labute approximate surface area is 324 Å². The SMILES string of the molecule is c1ccc(-c2ccc(OP(Oc3ccc(-c4ccccc4)cc3)OP(Oc3ccc(-c4ccccc4)cc3)Oc3ccc(-c4ccccc4)cc3)cc2)cc1. The summed E-state index contributed by atoms with van der Waals surface area (Å²) in [6, 6.07) is 72.3. The number of hydrogen-bond donors (Lipinski definition) is 0. The van der Waals surface area contributed by atoms with Crippen molar-refractivity contribution in [3.05, 3.63) is 218 Å². The molecule has 0 atom stereocenters. The second kappa shape index (κ2) is 17.7. The Morgan fingerprint density at radius 2 is 0.382 bits per heavy atom. The summed E-state index contributed by atoms with van der Waals surface area (Å²) in [5, 5.41) is 0. The molecule has 0 bridgehead atoms. The molecule has 5 nitrogen and oxygen atoms in total. The van der Waals surface area contributed by atoms with Gasteiger partial charge in [-0.25, -0.2) is 0 Å². The van der Waals surface area contributed by atoms with E-state index in [1.165, 1.54) is 0 Å². The van der Waals surface area contributed by atoms with Gasteiger partial charge in [0.1, 0.15) is 23.0 Å². The fourth-order valence-corrected chi connectivity index (χ4v) is 8.08. The zero-order valence-corrected chi connectivity index (χ0v) is 31.5. The van der Waals surface area contributed by atoms with E-state index in [4.69, 9.17) is 22.4 Å². The Morgan fingerprint density at radius 1 is 0.200 bits per heavy atom. The van der Waals surface area contributed by atoms with Gasteiger partial charge in [-0.15, -0.1) is 0 Å². The molecule has 0 amide bonds. The van der Waals surface area contributed by atoms with Gasteiger partial charge in [0.25, 0.3) is 0 Å². The molecular weight excluding hydrogens is 718 g/mol. The van der Waals surface area contributed by atoms with Crippen LogP contribution in [-0.4, -0.2) is 0 Å². The zero-order chi connectivity index (χ0) is 37.1. The van der Waals surface area contributed by atoms with E-state index in [0.29, 0.717) is 23.0 Å². The number of benzene rings is 8. The van der Waals surface area contributed by atoms with Gasteiger partial charge < -0.3 is 18.1 Å². The fourth-order valence-electron chi connectivity index (χ4n) is 5.86. The van der Waals surface area contributed by atoms with Crippen LogP contribution in [0.5, 0.6) is 23.0 Å². The second-order valence-corrected chi connectivity index (χ2v) is 14.7. The first-order valence-electron chi connectivity index (χ1n) is 17.8. The topological polar surface area (TPSA) is 46.2 Å². The van der Waals surface area contributed by atoms with Crippen molar-refractivity contribution in [2.45, 2.75) is 0 Å². The van der Waals surface area contributed by atoms with E-state index in [1.54, 1.807) is 0 Å². The molecule has 55 heavy (non-hydrogen) atoms. The highest BCUT2D eigenvalue weighted by atomic mass is 31.2. The maximum atomic E-state index is 6.57. The van der Waals surface area contributed by atoms with Gasteiger partial charge in [-0.1, -0.05) is 170 Å². The van der Waals surface area contributed by atoms with E-state index < -0.39 is 17.2 Å². The molecule has 0 aliphatic rings. The van der Waals surface area contributed by atoms with Gasteiger partial charge in [-0.2, -0.15) is 4.31 Å². The molecule has 8 aromatic carbocycles. The maximum Gasteiger partial charge on any atom is 0.471 e. The molecule has 0 saturated heterocycles. The molecule has 0 N–H and O–H groups in total. The minimum Gasteiger partial charge on any atom is -0.417 e. The van der Waals surface area contributed by atoms with E-state index in [-0.39, 0.29) is 0 Å². The van der Waals surface area contributed by atoms with E-state index in [2.05, 4.69) is 48.5 Å². The molecule has 0 spiro atoms. The van der Waals surface area contributed by atoms with Gasteiger partial charge >= 0.3 is 17.2 Å². The molecule has 0 radical (unpaired) electrons.